The molecule has 0 spiro atoms. The van der Waals surface area contributed by atoms with E-state index in [1.165, 1.54) is 0 Å². The van der Waals surface area contributed by atoms with E-state index in [1.807, 2.05) is 24.3 Å². The number of aromatic nitrogens is 4. The highest BCUT2D eigenvalue weighted by atomic mass is 32.1. The first kappa shape index (κ1) is 18.0. The summed E-state index contributed by atoms with van der Waals surface area (Å²) in [4.78, 5) is 0. The van der Waals surface area contributed by atoms with Crippen molar-refractivity contribution in [3.63, 3.8) is 0 Å². The molecule has 3 N–H and O–H groups in total. The Kier molecular flexibility index (Phi) is 4.86. The molecule has 1 aromatic heterocycles. The van der Waals surface area contributed by atoms with Crippen LogP contribution >= 0.6 is 24.4 Å². The van der Waals surface area contributed by atoms with Crippen LogP contribution in [0.1, 0.15) is 12.5 Å². The molecular weight excluding hydrogens is 390 g/mol. The fraction of sp³-hybridized carbons (Fsp3) is 0.400. The van der Waals surface area contributed by atoms with Crippen molar-refractivity contribution < 1.29 is 14.2 Å². The lowest BCUT2D eigenvalue weighted by atomic mass is 10.0. The molecule has 12 heteroatoms. The number of nitrogens with one attached hydrogen (secondary N) is 1. The SMILES string of the molecule is COc1cccc(-n2nnn(C3C/C(=N/NC(N)=S)C4OCC3O4)c2=S)c1. The summed E-state index contributed by atoms with van der Waals surface area (Å²) >= 11 is 10.4. The molecular formula is C15H17N7O3S2. The lowest BCUT2D eigenvalue weighted by Crippen LogP contribution is -2.39. The average Bonchev–Trinajstić information content (AvgIpc) is 3.26. The van der Waals surface area contributed by atoms with Gasteiger partial charge in [0.1, 0.15) is 11.9 Å². The van der Waals surface area contributed by atoms with Gasteiger partial charge in [0.05, 0.1) is 31.2 Å². The zero-order chi connectivity index (χ0) is 19.0. The molecule has 142 valence electrons. The van der Waals surface area contributed by atoms with Crippen LogP contribution in [-0.4, -0.2) is 56.7 Å². The summed E-state index contributed by atoms with van der Waals surface area (Å²) in [7, 11) is 1.60. The maximum Gasteiger partial charge on any atom is 0.221 e. The monoisotopic (exact) mass is 407 g/mol. The first-order chi connectivity index (χ1) is 13.1. The number of ether oxygens (including phenoxy) is 3. The molecule has 2 aliphatic rings. The van der Waals surface area contributed by atoms with Crippen LogP contribution in [0.4, 0.5) is 0 Å². The lowest BCUT2D eigenvalue weighted by molar-refractivity contribution is -0.0324. The summed E-state index contributed by atoms with van der Waals surface area (Å²) in [5, 5.41) is 12.7. The normalized spacial score (nSPS) is 25.5. The molecule has 3 atom stereocenters. The minimum Gasteiger partial charge on any atom is -0.497 e. The summed E-state index contributed by atoms with van der Waals surface area (Å²) in [6.45, 7) is 0.412. The second-order valence-corrected chi connectivity index (χ2v) is 6.81. The van der Waals surface area contributed by atoms with E-state index >= 15 is 0 Å². The van der Waals surface area contributed by atoms with Crippen molar-refractivity contribution in [2.75, 3.05) is 13.7 Å². The summed E-state index contributed by atoms with van der Waals surface area (Å²) < 4.78 is 20.4. The van der Waals surface area contributed by atoms with Crippen molar-refractivity contribution in [1.29, 1.82) is 0 Å². The minimum absolute atomic E-state index is 0.0692. The quantitative estimate of drug-likeness (QED) is 0.558. The zero-order valence-electron chi connectivity index (χ0n) is 14.3. The number of fused-ring (bicyclic) bond motifs is 2. The Hall–Kier alpha value is -2.41. The fourth-order valence-electron chi connectivity index (χ4n) is 3.08. The van der Waals surface area contributed by atoms with E-state index in [2.05, 4.69) is 21.0 Å². The molecule has 2 aliphatic heterocycles. The van der Waals surface area contributed by atoms with Crippen molar-refractivity contribution in [2.45, 2.75) is 24.9 Å². The average molecular weight is 407 g/mol. The molecule has 2 saturated heterocycles. The minimum atomic E-state index is -0.518. The van der Waals surface area contributed by atoms with E-state index in [4.69, 9.17) is 44.4 Å². The second kappa shape index (κ2) is 7.31. The highest BCUT2D eigenvalue weighted by Gasteiger charge is 2.44. The number of hydrogen-bond donors (Lipinski definition) is 2. The highest BCUT2D eigenvalue weighted by Crippen LogP contribution is 2.33. The topological polar surface area (TPSA) is 114 Å². The molecule has 0 saturated carbocycles. The van der Waals surface area contributed by atoms with Gasteiger partial charge in [-0.25, -0.2) is 4.68 Å². The second-order valence-electron chi connectivity index (χ2n) is 6.01. The predicted octanol–water partition coefficient (Wildman–Crippen LogP) is 0.682. The van der Waals surface area contributed by atoms with E-state index in [-0.39, 0.29) is 17.3 Å². The standard InChI is InChI=1S/C15H17N7O3S2/c1-23-9-4-2-3-8(5-9)21-15(27)22(20-19-21)11-6-10(17-18-14(16)26)13-24-7-12(11)25-13/h2-5,11-13H,6-7H2,1H3,(H3,16,18,26)/b17-10-. The first-order valence-corrected chi connectivity index (χ1v) is 8.96. The van der Waals surface area contributed by atoms with Crippen LogP contribution in [0.5, 0.6) is 5.75 Å². The summed E-state index contributed by atoms with van der Waals surface area (Å²) in [6.07, 6.45) is -0.188. The van der Waals surface area contributed by atoms with Crippen molar-refractivity contribution in [3.05, 3.63) is 29.0 Å². The predicted molar refractivity (Wildman–Crippen MR) is 102 cm³/mol. The number of nitrogens with two attached hydrogens (primary N) is 1. The van der Waals surface area contributed by atoms with Crippen molar-refractivity contribution in [1.82, 2.24) is 25.2 Å². The van der Waals surface area contributed by atoms with Gasteiger partial charge in [-0.2, -0.15) is 9.78 Å². The Balaban J connectivity index is 1.65. The maximum absolute atomic E-state index is 5.87. The van der Waals surface area contributed by atoms with Crippen LogP contribution in [0.15, 0.2) is 29.4 Å². The van der Waals surface area contributed by atoms with E-state index in [9.17, 15) is 0 Å². The number of rotatable bonds is 4. The van der Waals surface area contributed by atoms with Gasteiger partial charge in [0.25, 0.3) is 0 Å². The lowest BCUT2D eigenvalue weighted by Gasteiger charge is -2.27. The molecule has 0 radical (unpaired) electrons. The summed E-state index contributed by atoms with van der Waals surface area (Å²) in [5.41, 5.74) is 9.41. The number of hydrogen-bond acceptors (Lipinski definition) is 8. The van der Waals surface area contributed by atoms with Gasteiger partial charge < -0.3 is 19.9 Å². The molecule has 1 aromatic carbocycles. The van der Waals surface area contributed by atoms with Crippen LogP contribution in [0.25, 0.3) is 5.69 Å². The van der Waals surface area contributed by atoms with Gasteiger partial charge in [-0.3, -0.25) is 5.43 Å². The molecule has 2 bridgehead atoms. The van der Waals surface area contributed by atoms with Crippen LogP contribution < -0.4 is 15.9 Å². The Morgan fingerprint density at radius 1 is 1.44 bits per heavy atom. The molecule has 0 aliphatic carbocycles. The Morgan fingerprint density at radius 2 is 2.30 bits per heavy atom. The smallest absolute Gasteiger partial charge is 0.221 e. The third-order valence-electron chi connectivity index (χ3n) is 4.35. The highest BCUT2D eigenvalue weighted by molar-refractivity contribution is 7.80. The molecule has 3 heterocycles. The molecule has 10 nitrogen and oxygen atoms in total. The van der Waals surface area contributed by atoms with Gasteiger partial charge in [-0.05, 0) is 47.0 Å². The summed E-state index contributed by atoms with van der Waals surface area (Å²) in [5.74, 6) is 0.704. The van der Waals surface area contributed by atoms with Gasteiger partial charge in [-0.15, -0.1) is 0 Å². The Morgan fingerprint density at radius 3 is 3.07 bits per heavy atom. The molecule has 4 rings (SSSR count). The van der Waals surface area contributed by atoms with Gasteiger partial charge in [0.15, 0.2) is 11.4 Å². The summed E-state index contributed by atoms with van der Waals surface area (Å²) in [6, 6.07) is 7.21. The van der Waals surface area contributed by atoms with E-state index in [0.717, 1.165) is 5.69 Å². The van der Waals surface area contributed by atoms with Crippen LogP contribution in [0, 0.1) is 4.77 Å². The zero-order valence-corrected chi connectivity index (χ0v) is 15.9. The van der Waals surface area contributed by atoms with Crippen molar-refractivity contribution in [3.8, 4) is 11.4 Å². The molecule has 0 amide bonds. The molecule has 3 unspecified atom stereocenters. The maximum atomic E-state index is 5.87. The number of tetrazole rings is 1. The van der Waals surface area contributed by atoms with Crippen molar-refractivity contribution in [2.24, 2.45) is 10.8 Å². The van der Waals surface area contributed by atoms with Crippen LogP contribution in [-0.2, 0) is 9.47 Å². The Labute approximate surface area is 164 Å². The van der Waals surface area contributed by atoms with Crippen molar-refractivity contribution >= 4 is 35.3 Å². The largest absolute Gasteiger partial charge is 0.497 e. The number of methoxy groups -OCH3 is 1. The van der Waals surface area contributed by atoms with E-state index in [1.54, 1.807) is 16.5 Å². The number of thiocarbonyl (C=S) groups is 1. The Bertz CT molecular complexity index is 957. The van der Waals surface area contributed by atoms with Gasteiger partial charge in [0.2, 0.25) is 4.77 Å². The number of hydrazone groups is 1. The van der Waals surface area contributed by atoms with E-state index < -0.39 is 6.29 Å². The van der Waals surface area contributed by atoms with Gasteiger partial charge in [0, 0.05) is 12.5 Å². The fourth-order valence-corrected chi connectivity index (χ4v) is 3.44. The third-order valence-corrected chi connectivity index (χ3v) is 4.81. The third kappa shape index (κ3) is 3.43. The van der Waals surface area contributed by atoms with E-state index in [0.29, 0.717) is 29.3 Å². The van der Waals surface area contributed by atoms with Crippen LogP contribution in [0.2, 0.25) is 0 Å². The first-order valence-electron chi connectivity index (χ1n) is 8.14. The molecule has 2 aromatic rings. The number of nitrogens with zero attached hydrogens (tertiary/aromatic N) is 5. The molecule has 2 fully saturated rings. The van der Waals surface area contributed by atoms with Crippen LogP contribution in [0.3, 0.4) is 0 Å². The molecule has 27 heavy (non-hydrogen) atoms. The van der Waals surface area contributed by atoms with Gasteiger partial charge >= 0.3 is 0 Å². The number of benzene rings is 1. The van der Waals surface area contributed by atoms with Gasteiger partial charge in [-0.1, -0.05) is 6.07 Å².